The molecular weight excluding hydrogens is 320 g/mol. The Labute approximate surface area is 147 Å². The Bertz CT molecular complexity index is 697. The van der Waals surface area contributed by atoms with Gasteiger partial charge in [-0.2, -0.15) is 0 Å². The van der Waals surface area contributed by atoms with Crippen molar-refractivity contribution in [1.82, 2.24) is 0 Å². The Morgan fingerprint density at radius 1 is 0.920 bits per heavy atom. The number of hydrogen-bond acceptors (Lipinski definition) is 3. The number of benzene rings is 1. The molecule has 0 saturated heterocycles. The number of anilines is 2. The van der Waals surface area contributed by atoms with Crippen molar-refractivity contribution < 1.29 is 19.5 Å². The van der Waals surface area contributed by atoms with Gasteiger partial charge in [0.15, 0.2) is 0 Å². The topological polar surface area (TPSA) is 95.5 Å². The van der Waals surface area contributed by atoms with E-state index in [9.17, 15) is 19.5 Å². The second kappa shape index (κ2) is 7.25. The summed E-state index contributed by atoms with van der Waals surface area (Å²) in [7, 11) is 0. The van der Waals surface area contributed by atoms with Crippen molar-refractivity contribution in [1.29, 1.82) is 0 Å². The fourth-order valence-corrected chi connectivity index (χ4v) is 3.45. The van der Waals surface area contributed by atoms with E-state index in [1.54, 1.807) is 12.1 Å². The third-order valence-corrected chi connectivity index (χ3v) is 5.22. The van der Waals surface area contributed by atoms with Crippen LogP contribution in [0.2, 0.25) is 0 Å². The summed E-state index contributed by atoms with van der Waals surface area (Å²) >= 11 is 0. The average Bonchev–Trinajstić information content (AvgIpc) is 3.43. The van der Waals surface area contributed by atoms with Gasteiger partial charge >= 0.3 is 5.97 Å². The van der Waals surface area contributed by atoms with Crippen molar-refractivity contribution >= 4 is 29.2 Å². The first-order valence-corrected chi connectivity index (χ1v) is 8.91. The first-order valence-electron chi connectivity index (χ1n) is 8.91. The van der Waals surface area contributed by atoms with Gasteiger partial charge in [-0.3, -0.25) is 14.4 Å². The molecule has 0 aromatic heterocycles. The predicted octanol–water partition coefficient (Wildman–Crippen LogP) is 3.17. The smallest absolute Gasteiger partial charge is 0.307 e. The Morgan fingerprint density at radius 2 is 1.48 bits per heavy atom. The molecule has 6 nitrogen and oxygen atoms in total. The van der Waals surface area contributed by atoms with Gasteiger partial charge in [0.1, 0.15) is 0 Å². The van der Waals surface area contributed by atoms with Crippen LogP contribution in [-0.2, 0) is 14.4 Å². The van der Waals surface area contributed by atoms with Gasteiger partial charge in [0.05, 0.1) is 11.8 Å². The van der Waals surface area contributed by atoms with Crippen LogP contribution < -0.4 is 10.6 Å². The summed E-state index contributed by atoms with van der Waals surface area (Å²) in [5.74, 6) is -2.15. The highest BCUT2D eigenvalue weighted by atomic mass is 16.4. The zero-order valence-corrected chi connectivity index (χ0v) is 14.4. The van der Waals surface area contributed by atoms with Gasteiger partial charge in [-0.1, -0.05) is 18.9 Å². The van der Waals surface area contributed by atoms with Crippen LogP contribution in [0.5, 0.6) is 0 Å². The van der Waals surface area contributed by atoms with Crippen LogP contribution in [0.15, 0.2) is 18.2 Å². The lowest BCUT2D eigenvalue weighted by atomic mass is 9.78. The minimum Gasteiger partial charge on any atom is -0.481 e. The highest BCUT2D eigenvalue weighted by Gasteiger charge is 2.36. The second-order valence-corrected chi connectivity index (χ2v) is 7.07. The van der Waals surface area contributed by atoms with Crippen molar-refractivity contribution in [2.75, 3.05) is 10.6 Å². The van der Waals surface area contributed by atoms with Gasteiger partial charge < -0.3 is 15.7 Å². The molecule has 3 N–H and O–H groups in total. The number of rotatable bonds is 5. The quantitative estimate of drug-likeness (QED) is 0.764. The molecule has 2 aliphatic rings. The lowest BCUT2D eigenvalue weighted by Crippen LogP contribution is -2.36. The number of aliphatic carboxylic acids is 1. The Balaban J connectivity index is 1.72. The molecule has 0 heterocycles. The first kappa shape index (κ1) is 17.5. The van der Waals surface area contributed by atoms with E-state index in [1.165, 1.54) is 0 Å². The molecule has 2 aliphatic carbocycles. The Kier molecular flexibility index (Phi) is 5.06. The second-order valence-electron chi connectivity index (χ2n) is 7.07. The fraction of sp³-hybridized carbons (Fsp3) is 0.526. The molecule has 1 aromatic rings. The molecule has 0 spiro atoms. The highest BCUT2D eigenvalue weighted by molar-refractivity contribution is 5.99. The van der Waals surface area contributed by atoms with E-state index in [0.29, 0.717) is 24.2 Å². The van der Waals surface area contributed by atoms with Crippen molar-refractivity contribution in [3.8, 4) is 0 Å². The van der Waals surface area contributed by atoms with Gasteiger partial charge in [0.25, 0.3) is 0 Å². The van der Waals surface area contributed by atoms with Crippen LogP contribution in [0.3, 0.4) is 0 Å². The third-order valence-electron chi connectivity index (χ3n) is 5.22. The third kappa shape index (κ3) is 4.00. The molecule has 2 amide bonds. The molecule has 1 aromatic carbocycles. The molecule has 6 heteroatoms. The Morgan fingerprint density at radius 3 is 2.04 bits per heavy atom. The zero-order chi connectivity index (χ0) is 18.0. The van der Waals surface area contributed by atoms with Crippen LogP contribution in [-0.4, -0.2) is 22.9 Å². The van der Waals surface area contributed by atoms with Crippen LogP contribution in [0.4, 0.5) is 11.4 Å². The Hall–Kier alpha value is -2.37. The molecule has 2 saturated carbocycles. The molecule has 3 rings (SSSR count). The predicted molar refractivity (Wildman–Crippen MR) is 94.2 cm³/mol. The van der Waals surface area contributed by atoms with Crippen molar-refractivity contribution in [3.05, 3.63) is 23.8 Å². The number of nitrogens with one attached hydrogen (secondary N) is 2. The maximum atomic E-state index is 12.6. The van der Waals surface area contributed by atoms with Gasteiger partial charge in [0.2, 0.25) is 11.8 Å². The van der Waals surface area contributed by atoms with E-state index in [0.717, 1.165) is 31.2 Å². The molecule has 0 bridgehead atoms. The molecule has 25 heavy (non-hydrogen) atoms. The highest BCUT2D eigenvalue weighted by Crippen LogP contribution is 2.33. The largest absolute Gasteiger partial charge is 0.481 e. The van der Waals surface area contributed by atoms with Crippen molar-refractivity contribution in [2.24, 2.45) is 17.8 Å². The van der Waals surface area contributed by atoms with Crippen LogP contribution in [0.1, 0.15) is 44.1 Å². The number of carboxylic acid groups (broad SMARTS) is 1. The van der Waals surface area contributed by atoms with E-state index in [1.807, 2.05) is 13.0 Å². The fourth-order valence-electron chi connectivity index (χ4n) is 3.45. The summed E-state index contributed by atoms with van der Waals surface area (Å²) in [4.78, 5) is 36.0. The summed E-state index contributed by atoms with van der Waals surface area (Å²) in [6, 6.07) is 5.37. The molecular formula is C19H24N2O4. The molecule has 2 atom stereocenters. The number of amides is 2. The van der Waals surface area contributed by atoms with Gasteiger partial charge in [0, 0.05) is 17.3 Å². The summed E-state index contributed by atoms with van der Waals surface area (Å²) in [6.07, 6.45) is 4.73. The van der Waals surface area contributed by atoms with E-state index in [-0.39, 0.29) is 17.7 Å². The van der Waals surface area contributed by atoms with Gasteiger partial charge in [-0.15, -0.1) is 0 Å². The van der Waals surface area contributed by atoms with E-state index < -0.39 is 17.8 Å². The van der Waals surface area contributed by atoms with E-state index in [4.69, 9.17) is 0 Å². The number of hydrogen-bond donors (Lipinski definition) is 3. The standard InChI is InChI=1S/C19H24N2O4/c1-11-15(20-17(22)12-9-10-12)7-4-8-16(11)21-18(23)13-5-2-3-6-14(13)19(24)25/h4,7-8,12-14H,2-3,5-6,9-10H2,1H3,(H,20,22)(H,21,23)(H,24,25)/t13-,14-/m1/s1. The van der Waals surface area contributed by atoms with Crippen LogP contribution in [0, 0.1) is 24.7 Å². The van der Waals surface area contributed by atoms with E-state index >= 15 is 0 Å². The van der Waals surface area contributed by atoms with Gasteiger partial charge in [-0.05, 0) is 50.3 Å². The summed E-state index contributed by atoms with van der Waals surface area (Å²) < 4.78 is 0. The van der Waals surface area contributed by atoms with Crippen LogP contribution >= 0.6 is 0 Å². The first-order chi connectivity index (χ1) is 12.0. The zero-order valence-electron chi connectivity index (χ0n) is 14.4. The summed E-state index contributed by atoms with van der Waals surface area (Å²) in [5, 5.41) is 15.1. The average molecular weight is 344 g/mol. The van der Waals surface area contributed by atoms with Crippen LogP contribution in [0.25, 0.3) is 0 Å². The summed E-state index contributed by atoms with van der Waals surface area (Å²) in [5.41, 5.74) is 2.09. The molecule has 0 unspecified atom stereocenters. The summed E-state index contributed by atoms with van der Waals surface area (Å²) in [6.45, 7) is 1.84. The minimum atomic E-state index is -0.901. The van der Waals surface area contributed by atoms with Crippen molar-refractivity contribution in [3.63, 3.8) is 0 Å². The van der Waals surface area contributed by atoms with Gasteiger partial charge in [-0.25, -0.2) is 0 Å². The maximum absolute atomic E-state index is 12.6. The number of carbonyl (C=O) groups is 3. The number of carboxylic acids is 1. The molecule has 0 aliphatic heterocycles. The lowest BCUT2D eigenvalue weighted by molar-refractivity contribution is -0.147. The lowest BCUT2D eigenvalue weighted by Gasteiger charge is -2.27. The monoisotopic (exact) mass is 344 g/mol. The molecule has 134 valence electrons. The molecule has 2 fully saturated rings. The number of carbonyl (C=O) groups excluding carboxylic acids is 2. The molecule has 0 radical (unpaired) electrons. The normalized spacial score (nSPS) is 22.9. The SMILES string of the molecule is Cc1c(NC(=O)C2CC2)cccc1NC(=O)[C@@H]1CCCC[C@H]1C(=O)O. The maximum Gasteiger partial charge on any atom is 0.307 e. The van der Waals surface area contributed by atoms with Crippen molar-refractivity contribution in [2.45, 2.75) is 45.4 Å². The van der Waals surface area contributed by atoms with E-state index in [2.05, 4.69) is 10.6 Å². The minimum absolute atomic E-state index is 0.0183.